The smallest absolute Gasteiger partial charge is 0.308 e. The molecule has 6 heteroatoms. The number of hydrogen-bond acceptors (Lipinski definition) is 5. The topological polar surface area (TPSA) is 66.3 Å². The van der Waals surface area contributed by atoms with E-state index in [1.807, 2.05) is 0 Å². The number of carbonyl (C=O) groups is 1. The van der Waals surface area contributed by atoms with E-state index in [2.05, 4.69) is 14.3 Å². The van der Waals surface area contributed by atoms with E-state index in [1.54, 1.807) is 0 Å². The highest BCUT2D eigenvalue weighted by molar-refractivity contribution is 7.09. The van der Waals surface area contributed by atoms with Crippen molar-refractivity contribution in [3.05, 3.63) is 5.82 Å². The van der Waals surface area contributed by atoms with Crippen LogP contribution in [0.4, 0.5) is 5.13 Å². The summed E-state index contributed by atoms with van der Waals surface area (Å²) in [4.78, 5) is 18.1. The third-order valence-electron chi connectivity index (χ3n) is 4.45. The standard InChI is InChI=1S/C12H15N3O2S/c16-11(17)8-5-7-3-4-9(8)15(7)12-13-10(14-18-12)6-1-2-6/h6-9H,1-5H2,(H,16,17). The Morgan fingerprint density at radius 2 is 2.17 bits per heavy atom. The van der Waals surface area contributed by atoms with Crippen LogP contribution in [0.3, 0.4) is 0 Å². The van der Waals surface area contributed by atoms with E-state index in [0.29, 0.717) is 12.0 Å². The zero-order valence-corrected chi connectivity index (χ0v) is 10.8. The van der Waals surface area contributed by atoms with Gasteiger partial charge in [0, 0.05) is 29.5 Å². The predicted molar refractivity (Wildman–Crippen MR) is 66.9 cm³/mol. The number of aromatic nitrogens is 2. The lowest BCUT2D eigenvalue weighted by molar-refractivity contribution is -0.142. The van der Waals surface area contributed by atoms with Crippen molar-refractivity contribution in [2.45, 2.75) is 50.1 Å². The number of anilines is 1. The molecule has 1 aromatic heterocycles. The Labute approximate surface area is 109 Å². The molecular formula is C12H15N3O2S. The Kier molecular flexibility index (Phi) is 2.18. The van der Waals surface area contributed by atoms with Gasteiger partial charge in [-0.1, -0.05) is 0 Å². The average Bonchev–Trinajstić information content (AvgIpc) is 2.84. The third kappa shape index (κ3) is 1.48. The van der Waals surface area contributed by atoms with Gasteiger partial charge in [-0.15, -0.1) is 0 Å². The zero-order valence-electron chi connectivity index (χ0n) is 9.95. The van der Waals surface area contributed by atoms with Crippen LogP contribution < -0.4 is 4.90 Å². The average molecular weight is 265 g/mol. The molecule has 2 bridgehead atoms. The quantitative estimate of drug-likeness (QED) is 0.903. The zero-order chi connectivity index (χ0) is 12.3. The number of hydrogen-bond donors (Lipinski definition) is 1. The Bertz CT molecular complexity index is 499. The first-order valence-electron chi connectivity index (χ1n) is 6.59. The predicted octanol–water partition coefficient (Wildman–Crippen LogP) is 1.86. The van der Waals surface area contributed by atoms with Crippen molar-refractivity contribution in [3.63, 3.8) is 0 Å². The van der Waals surface area contributed by atoms with E-state index in [0.717, 1.165) is 30.2 Å². The molecule has 2 saturated heterocycles. The molecule has 0 spiro atoms. The molecule has 0 amide bonds. The van der Waals surface area contributed by atoms with Crippen LogP contribution in [0, 0.1) is 5.92 Å². The number of carboxylic acids is 1. The number of carboxylic acid groups (broad SMARTS) is 1. The van der Waals surface area contributed by atoms with Gasteiger partial charge in [-0.2, -0.15) is 4.37 Å². The van der Waals surface area contributed by atoms with Crippen LogP contribution in [0.15, 0.2) is 0 Å². The molecule has 3 aliphatic rings. The van der Waals surface area contributed by atoms with Crippen molar-refractivity contribution in [1.29, 1.82) is 0 Å². The van der Waals surface area contributed by atoms with Gasteiger partial charge in [0.25, 0.3) is 0 Å². The lowest BCUT2D eigenvalue weighted by Crippen LogP contribution is -2.32. The number of fused-ring (bicyclic) bond motifs is 2. The third-order valence-corrected chi connectivity index (χ3v) is 5.19. The second-order valence-electron chi connectivity index (χ2n) is 5.60. The molecule has 0 aromatic carbocycles. The van der Waals surface area contributed by atoms with Gasteiger partial charge in [0.05, 0.1) is 5.92 Å². The Balaban J connectivity index is 1.62. The number of nitrogens with zero attached hydrogens (tertiary/aromatic N) is 3. The van der Waals surface area contributed by atoms with Gasteiger partial charge in [-0.3, -0.25) is 4.79 Å². The van der Waals surface area contributed by atoms with Crippen molar-refractivity contribution < 1.29 is 9.90 Å². The van der Waals surface area contributed by atoms with Crippen LogP contribution in [-0.2, 0) is 4.79 Å². The number of aliphatic carboxylic acids is 1. The highest BCUT2D eigenvalue weighted by Gasteiger charge is 2.50. The van der Waals surface area contributed by atoms with Crippen molar-refractivity contribution in [3.8, 4) is 0 Å². The maximum atomic E-state index is 11.2. The SMILES string of the molecule is O=C(O)C1CC2CCC1N2c1nc(C2CC2)ns1. The van der Waals surface area contributed by atoms with Crippen LogP contribution >= 0.6 is 11.5 Å². The molecule has 96 valence electrons. The largest absolute Gasteiger partial charge is 0.481 e. The number of rotatable bonds is 3. The van der Waals surface area contributed by atoms with E-state index in [4.69, 9.17) is 0 Å². The molecule has 3 atom stereocenters. The Morgan fingerprint density at radius 3 is 2.83 bits per heavy atom. The molecule has 5 nitrogen and oxygen atoms in total. The van der Waals surface area contributed by atoms with Gasteiger partial charge in [0.1, 0.15) is 5.82 Å². The lowest BCUT2D eigenvalue weighted by atomic mass is 9.89. The van der Waals surface area contributed by atoms with Gasteiger partial charge in [0.2, 0.25) is 5.13 Å². The van der Waals surface area contributed by atoms with Crippen molar-refractivity contribution in [1.82, 2.24) is 9.36 Å². The van der Waals surface area contributed by atoms with Crippen molar-refractivity contribution >= 4 is 22.6 Å². The van der Waals surface area contributed by atoms with Crippen LogP contribution in [0.1, 0.15) is 43.8 Å². The highest BCUT2D eigenvalue weighted by atomic mass is 32.1. The highest BCUT2D eigenvalue weighted by Crippen LogP contribution is 2.46. The molecule has 3 fully saturated rings. The minimum absolute atomic E-state index is 0.146. The van der Waals surface area contributed by atoms with Gasteiger partial charge in [-0.05, 0) is 32.1 Å². The summed E-state index contributed by atoms with van der Waals surface area (Å²) in [6, 6.07) is 0.517. The second-order valence-corrected chi connectivity index (χ2v) is 6.33. The second kappa shape index (κ2) is 3.66. The molecule has 1 N–H and O–H groups in total. The normalized spacial score (nSPS) is 34.2. The van der Waals surface area contributed by atoms with Crippen molar-refractivity contribution in [2.24, 2.45) is 5.92 Å². The molecule has 4 rings (SSSR count). The molecule has 2 aliphatic heterocycles. The Hall–Kier alpha value is -1.17. The van der Waals surface area contributed by atoms with Gasteiger partial charge >= 0.3 is 5.97 Å². The summed E-state index contributed by atoms with van der Waals surface area (Å²) >= 11 is 1.45. The molecule has 1 saturated carbocycles. The molecule has 1 aliphatic carbocycles. The van der Waals surface area contributed by atoms with Gasteiger partial charge in [0.15, 0.2) is 0 Å². The lowest BCUT2D eigenvalue weighted by Gasteiger charge is -2.21. The van der Waals surface area contributed by atoms with Gasteiger partial charge in [-0.25, -0.2) is 4.98 Å². The molecule has 18 heavy (non-hydrogen) atoms. The van der Waals surface area contributed by atoms with E-state index < -0.39 is 5.97 Å². The first-order valence-corrected chi connectivity index (χ1v) is 7.36. The molecular weight excluding hydrogens is 250 g/mol. The maximum Gasteiger partial charge on any atom is 0.308 e. The molecule has 3 unspecified atom stereocenters. The van der Waals surface area contributed by atoms with E-state index >= 15 is 0 Å². The van der Waals surface area contributed by atoms with Crippen LogP contribution in [0.5, 0.6) is 0 Å². The fourth-order valence-electron chi connectivity index (χ4n) is 3.39. The summed E-state index contributed by atoms with van der Waals surface area (Å²) in [7, 11) is 0. The minimum atomic E-state index is -0.654. The summed E-state index contributed by atoms with van der Waals surface area (Å²) in [6.07, 6.45) is 5.28. The first kappa shape index (κ1) is 10.7. The summed E-state index contributed by atoms with van der Waals surface area (Å²) in [5.74, 6) is 0.690. The fourth-order valence-corrected chi connectivity index (χ4v) is 4.27. The first-order chi connectivity index (χ1) is 8.74. The van der Waals surface area contributed by atoms with E-state index in [-0.39, 0.29) is 12.0 Å². The van der Waals surface area contributed by atoms with Crippen molar-refractivity contribution in [2.75, 3.05) is 4.90 Å². The summed E-state index contributed by atoms with van der Waals surface area (Å²) in [5, 5.41) is 10.2. The molecule has 3 heterocycles. The van der Waals surface area contributed by atoms with E-state index in [9.17, 15) is 9.90 Å². The monoisotopic (exact) mass is 265 g/mol. The summed E-state index contributed by atoms with van der Waals surface area (Å²) < 4.78 is 4.43. The molecule has 1 aromatic rings. The van der Waals surface area contributed by atoms with Crippen LogP contribution in [0.2, 0.25) is 0 Å². The van der Waals surface area contributed by atoms with Gasteiger partial charge < -0.3 is 10.0 Å². The maximum absolute atomic E-state index is 11.2. The van der Waals surface area contributed by atoms with E-state index in [1.165, 1.54) is 24.4 Å². The summed E-state index contributed by atoms with van der Waals surface area (Å²) in [5.41, 5.74) is 0. The fraction of sp³-hybridized carbons (Fsp3) is 0.750. The van der Waals surface area contributed by atoms with Crippen LogP contribution in [-0.4, -0.2) is 32.5 Å². The minimum Gasteiger partial charge on any atom is -0.481 e. The molecule has 0 radical (unpaired) electrons. The Morgan fingerprint density at radius 1 is 1.33 bits per heavy atom. The van der Waals surface area contributed by atoms with Crippen LogP contribution in [0.25, 0.3) is 0 Å². The summed E-state index contributed by atoms with van der Waals surface area (Å²) in [6.45, 7) is 0.